The van der Waals surface area contributed by atoms with Crippen molar-refractivity contribution in [3.8, 4) is 0 Å². The average molecular weight is 250 g/mol. The van der Waals surface area contributed by atoms with Crippen molar-refractivity contribution in [2.75, 3.05) is 13.1 Å². The Morgan fingerprint density at radius 2 is 1.76 bits per heavy atom. The van der Waals surface area contributed by atoms with Gasteiger partial charge >= 0.3 is 0 Å². The van der Waals surface area contributed by atoms with Gasteiger partial charge in [0.05, 0.1) is 10.7 Å². The van der Waals surface area contributed by atoms with Crippen LogP contribution in [0.15, 0.2) is 5.38 Å². The average Bonchev–Trinajstić information content (AvgIpc) is 2.90. The molecule has 0 atom stereocenters. The van der Waals surface area contributed by atoms with Gasteiger partial charge in [0.15, 0.2) is 0 Å². The largest absolute Gasteiger partial charge is 0.317 e. The lowest BCUT2D eigenvalue weighted by molar-refractivity contribution is 0.432. The summed E-state index contributed by atoms with van der Waals surface area (Å²) in [5.41, 5.74) is 1.41. The van der Waals surface area contributed by atoms with E-state index in [9.17, 15) is 0 Å². The first kappa shape index (κ1) is 11.7. The van der Waals surface area contributed by atoms with Crippen molar-refractivity contribution in [3.05, 3.63) is 16.1 Å². The summed E-state index contributed by atoms with van der Waals surface area (Å²) in [5, 5.41) is 7.18. The van der Waals surface area contributed by atoms with Crippen LogP contribution in [0.4, 0.5) is 0 Å². The SMILES string of the molecule is c1sc(C2CCNCC2)nc1C1CCCCC1. The lowest BCUT2D eigenvalue weighted by Gasteiger charge is -2.21. The van der Waals surface area contributed by atoms with E-state index in [1.54, 1.807) is 0 Å². The van der Waals surface area contributed by atoms with Crippen molar-refractivity contribution in [1.82, 2.24) is 10.3 Å². The number of aromatic nitrogens is 1. The standard InChI is InChI=1S/C14H22N2S/c1-2-4-11(5-3-1)13-10-17-14(16-13)12-6-8-15-9-7-12/h10-12,15H,1-9H2. The Morgan fingerprint density at radius 3 is 2.53 bits per heavy atom. The second-order valence-electron chi connectivity index (χ2n) is 5.47. The van der Waals surface area contributed by atoms with Gasteiger partial charge in [0.1, 0.15) is 0 Å². The maximum atomic E-state index is 4.95. The third-order valence-corrected chi connectivity index (χ3v) is 5.28. The van der Waals surface area contributed by atoms with Crippen molar-refractivity contribution in [2.45, 2.75) is 56.8 Å². The molecule has 1 aliphatic carbocycles. The van der Waals surface area contributed by atoms with E-state index in [4.69, 9.17) is 4.98 Å². The van der Waals surface area contributed by atoms with E-state index >= 15 is 0 Å². The van der Waals surface area contributed by atoms with Gasteiger partial charge in [0, 0.05) is 17.2 Å². The van der Waals surface area contributed by atoms with Gasteiger partial charge in [-0.1, -0.05) is 19.3 Å². The second-order valence-corrected chi connectivity index (χ2v) is 6.36. The van der Waals surface area contributed by atoms with Crippen LogP contribution in [-0.4, -0.2) is 18.1 Å². The zero-order chi connectivity index (χ0) is 11.5. The third-order valence-electron chi connectivity index (χ3n) is 4.25. The third kappa shape index (κ3) is 2.71. The lowest BCUT2D eigenvalue weighted by Crippen LogP contribution is -2.26. The molecule has 0 radical (unpaired) electrons. The molecule has 0 amide bonds. The van der Waals surface area contributed by atoms with E-state index in [1.165, 1.54) is 68.7 Å². The summed E-state index contributed by atoms with van der Waals surface area (Å²) < 4.78 is 0. The van der Waals surface area contributed by atoms with Gasteiger partial charge < -0.3 is 5.32 Å². The molecule has 0 unspecified atom stereocenters. The normalized spacial score (nSPS) is 24.0. The second kappa shape index (κ2) is 5.49. The van der Waals surface area contributed by atoms with E-state index < -0.39 is 0 Å². The fourth-order valence-electron chi connectivity index (χ4n) is 3.14. The van der Waals surface area contributed by atoms with E-state index in [2.05, 4.69) is 10.7 Å². The molecule has 1 saturated carbocycles. The van der Waals surface area contributed by atoms with Crippen LogP contribution < -0.4 is 5.32 Å². The molecule has 94 valence electrons. The molecule has 2 heterocycles. The quantitative estimate of drug-likeness (QED) is 0.866. The minimum absolute atomic E-state index is 0.735. The zero-order valence-electron chi connectivity index (χ0n) is 10.5. The fourth-order valence-corrected chi connectivity index (χ4v) is 4.22. The first-order valence-corrected chi connectivity index (χ1v) is 7.97. The highest BCUT2D eigenvalue weighted by molar-refractivity contribution is 7.09. The van der Waals surface area contributed by atoms with Crippen LogP contribution in [0.25, 0.3) is 0 Å². The van der Waals surface area contributed by atoms with Crippen molar-refractivity contribution >= 4 is 11.3 Å². The molecule has 1 aliphatic heterocycles. The van der Waals surface area contributed by atoms with Gasteiger partial charge in [0.2, 0.25) is 0 Å². The summed E-state index contributed by atoms with van der Waals surface area (Å²) in [6.45, 7) is 2.34. The Labute approximate surface area is 108 Å². The van der Waals surface area contributed by atoms with Gasteiger partial charge in [-0.25, -0.2) is 4.98 Å². The lowest BCUT2D eigenvalue weighted by atomic mass is 9.87. The number of nitrogens with one attached hydrogen (secondary N) is 1. The molecule has 3 rings (SSSR count). The van der Waals surface area contributed by atoms with Gasteiger partial charge in [-0.15, -0.1) is 11.3 Å². The van der Waals surface area contributed by atoms with Gasteiger partial charge in [-0.2, -0.15) is 0 Å². The summed E-state index contributed by atoms with van der Waals surface area (Å²) in [6, 6.07) is 0. The molecular weight excluding hydrogens is 228 g/mol. The topological polar surface area (TPSA) is 24.9 Å². The maximum Gasteiger partial charge on any atom is 0.0960 e. The van der Waals surface area contributed by atoms with Gasteiger partial charge in [-0.3, -0.25) is 0 Å². The van der Waals surface area contributed by atoms with Gasteiger partial charge in [-0.05, 0) is 38.8 Å². The van der Waals surface area contributed by atoms with Crippen LogP contribution in [0, 0.1) is 0 Å². The summed E-state index contributed by atoms with van der Waals surface area (Å²) in [4.78, 5) is 4.95. The Kier molecular flexibility index (Phi) is 3.77. The maximum absolute atomic E-state index is 4.95. The Hall–Kier alpha value is -0.410. The monoisotopic (exact) mass is 250 g/mol. The van der Waals surface area contributed by atoms with Crippen LogP contribution in [0.2, 0.25) is 0 Å². The van der Waals surface area contributed by atoms with E-state index in [0.717, 1.165) is 11.8 Å². The summed E-state index contributed by atoms with van der Waals surface area (Å²) in [7, 11) is 0. The van der Waals surface area contributed by atoms with E-state index in [0.29, 0.717) is 0 Å². The Balaban J connectivity index is 1.68. The van der Waals surface area contributed by atoms with Crippen molar-refractivity contribution in [3.63, 3.8) is 0 Å². The molecular formula is C14H22N2S. The molecule has 1 aromatic rings. The highest BCUT2D eigenvalue weighted by atomic mass is 32.1. The molecule has 1 saturated heterocycles. The molecule has 17 heavy (non-hydrogen) atoms. The molecule has 1 aromatic heterocycles. The minimum Gasteiger partial charge on any atom is -0.317 e. The minimum atomic E-state index is 0.735. The number of nitrogens with zero attached hydrogens (tertiary/aromatic N) is 1. The first-order chi connectivity index (χ1) is 8.43. The van der Waals surface area contributed by atoms with E-state index in [-0.39, 0.29) is 0 Å². The number of hydrogen-bond donors (Lipinski definition) is 1. The molecule has 0 aromatic carbocycles. The molecule has 3 heteroatoms. The van der Waals surface area contributed by atoms with Gasteiger partial charge in [0.25, 0.3) is 0 Å². The van der Waals surface area contributed by atoms with Crippen LogP contribution in [-0.2, 0) is 0 Å². The van der Waals surface area contributed by atoms with Crippen LogP contribution in [0.3, 0.4) is 0 Å². The summed E-state index contributed by atoms with van der Waals surface area (Å²) in [6.07, 6.45) is 9.54. The van der Waals surface area contributed by atoms with Crippen LogP contribution in [0.5, 0.6) is 0 Å². The molecule has 2 nitrogen and oxygen atoms in total. The number of hydrogen-bond acceptors (Lipinski definition) is 3. The highest BCUT2D eigenvalue weighted by Gasteiger charge is 2.22. The van der Waals surface area contributed by atoms with Crippen LogP contribution >= 0.6 is 11.3 Å². The predicted molar refractivity (Wildman–Crippen MR) is 72.8 cm³/mol. The van der Waals surface area contributed by atoms with Crippen molar-refractivity contribution < 1.29 is 0 Å². The summed E-state index contributed by atoms with van der Waals surface area (Å²) >= 11 is 1.91. The van der Waals surface area contributed by atoms with E-state index in [1.807, 2.05) is 11.3 Å². The summed E-state index contributed by atoms with van der Waals surface area (Å²) in [5.74, 6) is 1.51. The number of rotatable bonds is 2. The molecule has 0 bridgehead atoms. The molecule has 2 aliphatic rings. The highest BCUT2D eigenvalue weighted by Crippen LogP contribution is 2.35. The smallest absolute Gasteiger partial charge is 0.0960 e. The van der Waals surface area contributed by atoms with Crippen LogP contribution in [0.1, 0.15) is 67.5 Å². The van der Waals surface area contributed by atoms with Crippen molar-refractivity contribution in [2.24, 2.45) is 0 Å². The molecule has 2 fully saturated rings. The Bertz CT molecular complexity index is 316. The number of thiazole rings is 1. The molecule has 0 spiro atoms. The zero-order valence-corrected chi connectivity index (χ0v) is 11.3. The van der Waals surface area contributed by atoms with Crippen molar-refractivity contribution in [1.29, 1.82) is 0 Å². The number of piperidine rings is 1. The molecule has 1 N–H and O–H groups in total. The fraction of sp³-hybridized carbons (Fsp3) is 0.786. The predicted octanol–water partition coefficient (Wildman–Crippen LogP) is 3.66. The Morgan fingerprint density at radius 1 is 1.00 bits per heavy atom. The first-order valence-electron chi connectivity index (χ1n) is 7.09.